The Morgan fingerprint density at radius 3 is 3.19 bits per heavy atom. The second kappa shape index (κ2) is 3.37. The molecule has 1 saturated heterocycles. The van der Waals surface area contributed by atoms with Crippen molar-refractivity contribution in [2.75, 3.05) is 19.6 Å². The number of aromatic nitrogens is 1. The standard InChI is InChI=1S/C11H13N3O2/c1-2-14-9-3-8(10-4-12-7-16-10)5-13(6-9)11(14)15/h3-4,7,9H,2,5-6H2,1H3. The zero-order chi connectivity index (χ0) is 11.1. The van der Waals surface area contributed by atoms with Crippen molar-refractivity contribution in [2.24, 2.45) is 0 Å². The number of carbonyl (C=O) groups excluding carboxylic acids is 1. The highest BCUT2D eigenvalue weighted by Crippen LogP contribution is 2.28. The van der Waals surface area contributed by atoms with Crippen molar-refractivity contribution in [1.82, 2.24) is 14.8 Å². The summed E-state index contributed by atoms with van der Waals surface area (Å²) < 4.78 is 5.27. The largest absolute Gasteiger partial charge is 0.444 e. The van der Waals surface area contributed by atoms with Gasteiger partial charge in [-0.1, -0.05) is 6.08 Å². The summed E-state index contributed by atoms with van der Waals surface area (Å²) >= 11 is 0. The third kappa shape index (κ3) is 1.24. The maximum absolute atomic E-state index is 11.9. The lowest BCUT2D eigenvalue weighted by Crippen LogP contribution is -2.32. The van der Waals surface area contributed by atoms with Gasteiger partial charge in [0.25, 0.3) is 0 Å². The number of rotatable bonds is 2. The van der Waals surface area contributed by atoms with Crippen LogP contribution in [0.2, 0.25) is 0 Å². The molecule has 2 aliphatic heterocycles. The predicted molar refractivity (Wildman–Crippen MR) is 57.6 cm³/mol. The van der Waals surface area contributed by atoms with Crippen molar-refractivity contribution in [2.45, 2.75) is 13.0 Å². The fourth-order valence-corrected chi connectivity index (χ4v) is 2.40. The Morgan fingerprint density at radius 1 is 1.62 bits per heavy atom. The van der Waals surface area contributed by atoms with Gasteiger partial charge in [-0.2, -0.15) is 0 Å². The van der Waals surface area contributed by atoms with Crippen LogP contribution in [0.15, 0.2) is 23.1 Å². The average molecular weight is 219 g/mol. The molecule has 0 aromatic carbocycles. The van der Waals surface area contributed by atoms with E-state index in [0.29, 0.717) is 6.54 Å². The molecule has 5 nitrogen and oxygen atoms in total. The molecule has 1 fully saturated rings. The number of oxazole rings is 1. The zero-order valence-electron chi connectivity index (χ0n) is 9.09. The summed E-state index contributed by atoms with van der Waals surface area (Å²) in [6, 6.07) is 0.310. The number of hydrogen-bond donors (Lipinski definition) is 0. The summed E-state index contributed by atoms with van der Waals surface area (Å²) in [7, 11) is 0. The van der Waals surface area contributed by atoms with Gasteiger partial charge in [0, 0.05) is 18.7 Å². The maximum atomic E-state index is 11.9. The van der Waals surface area contributed by atoms with Crippen LogP contribution in [-0.2, 0) is 0 Å². The lowest BCUT2D eigenvalue weighted by molar-refractivity contribution is 0.196. The molecule has 1 aromatic heterocycles. The van der Waals surface area contributed by atoms with E-state index < -0.39 is 0 Å². The molecule has 1 unspecified atom stereocenters. The van der Waals surface area contributed by atoms with Crippen molar-refractivity contribution in [3.8, 4) is 0 Å². The first kappa shape index (κ1) is 9.45. The second-order valence-corrected chi connectivity index (χ2v) is 4.07. The highest BCUT2D eigenvalue weighted by molar-refractivity contribution is 5.83. The number of fused-ring (bicyclic) bond motifs is 2. The van der Waals surface area contributed by atoms with Gasteiger partial charge in [-0.25, -0.2) is 9.78 Å². The molecule has 3 heterocycles. The smallest absolute Gasteiger partial charge is 0.320 e. The fraction of sp³-hybridized carbons (Fsp3) is 0.455. The molecule has 2 bridgehead atoms. The summed E-state index contributed by atoms with van der Waals surface area (Å²) in [5, 5.41) is 0. The molecule has 5 heteroatoms. The third-order valence-corrected chi connectivity index (χ3v) is 3.17. The number of carbonyl (C=O) groups is 1. The van der Waals surface area contributed by atoms with Crippen LogP contribution >= 0.6 is 0 Å². The number of urea groups is 1. The maximum Gasteiger partial charge on any atom is 0.320 e. The van der Waals surface area contributed by atoms with Crippen molar-refractivity contribution >= 4 is 11.6 Å². The minimum Gasteiger partial charge on any atom is -0.444 e. The Bertz CT molecular complexity index is 438. The topological polar surface area (TPSA) is 49.6 Å². The number of amides is 2. The van der Waals surface area contributed by atoms with E-state index in [9.17, 15) is 4.79 Å². The fourth-order valence-electron chi connectivity index (χ4n) is 2.40. The zero-order valence-corrected chi connectivity index (χ0v) is 9.09. The van der Waals surface area contributed by atoms with Crippen LogP contribution in [0.3, 0.4) is 0 Å². The Morgan fingerprint density at radius 2 is 2.50 bits per heavy atom. The Hall–Kier alpha value is -1.78. The molecule has 84 valence electrons. The minimum atomic E-state index is 0.123. The number of hydrogen-bond acceptors (Lipinski definition) is 3. The normalized spacial score (nSPS) is 23.9. The number of nitrogens with zero attached hydrogens (tertiary/aromatic N) is 3. The van der Waals surface area contributed by atoms with E-state index in [1.54, 1.807) is 6.20 Å². The minimum absolute atomic E-state index is 0.123. The van der Waals surface area contributed by atoms with Crippen molar-refractivity contribution in [3.63, 3.8) is 0 Å². The first-order chi connectivity index (χ1) is 7.79. The molecule has 0 N–H and O–H groups in total. The van der Waals surface area contributed by atoms with Crippen LogP contribution in [0.25, 0.3) is 5.57 Å². The van der Waals surface area contributed by atoms with E-state index >= 15 is 0 Å². The van der Waals surface area contributed by atoms with Crippen molar-refractivity contribution in [1.29, 1.82) is 0 Å². The Labute approximate surface area is 93.3 Å². The molecule has 0 radical (unpaired) electrons. The van der Waals surface area contributed by atoms with E-state index in [2.05, 4.69) is 11.1 Å². The van der Waals surface area contributed by atoms with Crippen LogP contribution in [0.1, 0.15) is 12.7 Å². The van der Waals surface area contributed by atoms with Gasteiger partial charge in [-0.05, 0) is 6.92 Å². The first-order valence-corrected chi connectivity index (χ1v) is 5.44. The highest BCUT2D eigenvalue weighted by atomic mass is 16.3. The van der Waals surface area contributed by atoms with Gasteiger partial charge in [0.2, 0.25) is 0 Å². The van der Waals surface area contributed by atoms with Crippen molar-refractivity contribution < 1.29 is 9.21 Å². The summed E-state index contributed by atoms with van der Waals surface area (Å²) in [6.45, 7) is 4.17. The van der Waals surface area contributed by atoms with Crippen LogP contribution in [-0.4, -0.2) is 46.5 Å². The molecule has 3 rings (SSSR count). The van der Waals surface area contributed by atoms with Crippen molar-refractivity contribution in [3.05, 3.63) is 24.4 Å². The molecule has 1 atom stereocenters. The summed E-state index contributed by atoms with van der Waals surface area (Å²) in [6.07, 6.45) is 5.23. The Kier molecular flexibility index (Phi) is 1.99. The van der Waals surface area contributed by atoms with Crippen LogP contribution < -0.4 is 0 Å². The van der Waals surface area contributed by atoms with Crippen LogP contribution in [0.5, 0.6) is 0 Å². The highest BCUT2D eigenvalue weighted by Gasteiger charge is 2.39. The molecule has 2 amide bonds. The van der Waals surface area contributed by atoms with E-state index in [-0.39, 0.29) is 12.1 Å². The second-order valence-electron chi connectivity index (χ2n) is 4.07. The first-order valence-electron chi connectivity index (χ1n) is 5.44. The summed E-state index contributed by atoms with van der Waals surface area (Å²) in [5.41, 5.74) is 1.05. The number of likely N-dealkylation sites (N-methyl/N-ethyl adjacent to an activating group) is 1. The van der Waals surface area contributed by atoms with Gasteiger partial charge >= 0.3 is 6.03 Å². The SMILES string of the molecule is CCN1C(=O)N2CC(c3cnco3)=CC1C2. The molecule has 0 spiro atoms. The van der Waals surface area contributed by atoms with Gasteiger partial charge in [-0.3, -0.25) is 0 Å². The van der Waals surface area contributed by atoms with Gasteiger partial charge in [0.15, 0.2) is 12.2 Å². The van der Waals surface area contributed by atoms with E-state index in [1.807, 2.05) is 16.7 Å². The average Bonchev–Trinajstić information content (AvgIpc) is 2.88. The lowest BCUT2D eigenvalue weighted by atomic mass is 10.1. The quantitative estimate of drug-likeness (QED) is 0.751. The molecule has 16 heavy (non-hydrogen) atoms. The molecular weight excluding hydrogens is 206 g/mol. The monoisotopic (exact) mass is 219 g/mol. The molecular formula is C11H13N3O2. The predicted octanol–water partition coefficient (Wildman–Crippen LogP) is 1.20. The third-order valence-electron chi connectivity index (χ3n) is 3.17. The van der Waals surface area contributed by atoms with Gasteiger partial charge in [0.05, 0.1) is 18.8 Å². The van der Waals surface area contributed by atoms with Gasteiger partial charge < -0.3 is 14.2 Å². The van der Waals surface area contributed by atoms with Crippen LogP contribution in [0.4, 0.5) is 4.79 Å². The van der Waals surface area contributed by atoms with Gasteiger partial charge in [-0.15, -0.1) is 0 Å². The Balaban J connectivity index is 1.93. The van der Waals surface area contributed by atoms with E-state index in [0.717, 1.165) is 24.4 Å². The van der Waals surface area contributed by atoms with Crippen LogP contribution in [0, 0.1) is 0 Å². The van der Waals surface area contributed by atoms with E-state index in [4.69, 9.17) is 4.42 Å². The van der Waals surface area contributed by atoms with E-state index in [1.165, 1.54) is 6.39 Å². The molecule has 0 aliphatic carbocycles. The summed E-state index contributed by atoms with van der Waals surface area (Å²) in [5.74, 6) is 0.764. The lowest BCUT2D eigenvalue weighted by Gasteiger charge is -2.20. The molecule has 1 aromatic rings. The molecule has 2 aliphatic rings. The van der Waals surface area contributed by atoms with Gasteiger partial charge in [0.1, 0.15) is 0 Å². The summed E-state index contributed by atoms with van der Waals surface area (Å²) in [4.78, 5) is 19.5. The molecule has 0 saturated carbocycles.